The summed E-state index contributed by atoms with van der Waals surface area (Å²) in [6, 6.07) is 2.45. The summed E-state index contributed by atoms with van der Waals surface area (Å²) in [5, 5.41) is 10.1. The van der Waals surface area contributed by atoms with Gasteiger partial charge in [0.25, 0.3) is 5.56 Å². The first-order valence-corrected chi connectivity index (χ1v) is 10.2. The molecular weight excluding hydrogens is 493 g/mol. The van der Waals surface area contributed by atoms with Crippen LogP contribution in [-0.4, -0.2) is 34.7 Å². The van der Waals surface area contributed by atoms with E-state index >= 15 is 4.39 Å². The number of aromatic nitrogens is 2. The molecule has 0 atom stereocenters. The van der Waals surface area contributed by atoms with Crippen molar-refractivity contribution < 1.29 is 45.5 Å². The van der Waals surface area contributed by atoms with Gasteiger partial charge in [0.05, 0.1) is 44.5 Å². The molecule has 2 aromatic carbocycles. The number of thiophene rings is 1. The van der Waals surface area contributed by atoms with Gasteiger partial charge in [0.15, 0.2) is 29.0 Å². The van der Waals surface area contributed by atoms with Crippen LogP contribution in [0.2, 0.25) is 0 Å². The maximum absolute atomic E-state index is 15.2. The largest absolute Gasteiger partial charge is 0.496 e. The fourth-order valence-electron chi connectivity index (χ4n) is 3.26. The number of hydrogen-bond donors (Lipinski definition) is 2. The molecule has 182 valence electrons. The molecule has 0 bridgehead atoms. The first-order chi connectivity index (χ1) is 19.0. The minimum Gasteiger partial charge on any atom is -0.496 e. The molecule has 9 nitrogen and oxygen atoms in total. The second-order valence-corrected chi connectivity index (χ2v) is 7.69. The molecule has 2 heterocycles. The fraction of sp³-hybridized carbons (Fsp3) is 0.136. The van der Waals surface area contributed by atoms with Crippen molar-refractivity contribution in [3.63, 3.8) is 0 Å². The molecule has 0 saturated carbocycles. The van der Waals surface area contributed by atoms with Gasteiger partial charge in [-0.15, -0.1) is 11.3 Å². The summed E-state index contributed by atoms with van der Waals surface area (Å²) in [6.07, 6.45) is 0. The van der Waals surface area contributed by atoms with Crippen molar-refractivity contribution in [2.45, 2.75) is 6.61 Å². The summed E-state index contributed by atoms with van der Waals surface area (Å²) in [5.41, 5.74) is -4.22. The second-order valence-electron chi connectivity index (χ2n) is 6.81. The summed E-state index contributed by atoms with van der Waals surface area (Å²) >= 11 is 0.625. The highest BCUT2D eigenvalue weighted by atomic mass is 32.1. The number of aromatic carboxylic acids is 1. The number of methoxy groups -OCH3 is 2. The number of halogens is 3. The van der Waals surface area contributed by atoms with Gasteiger partial charge in [0.2, 0.25) is 0 Å². The summed E-state index contributed by atoms with van der Waals surface area (Å²) in [5.74, 6) is -8.09. The number of carbonyl (C=O) groups is 1. The van der Waals surface area contributed by atoms with E-state index in [2.05, 4.69) is 9.72 Å². The van der Waals surface area contributed by atoms with E-state index in [9.17, 15) is 28.3 Å². The predicted octanol–water partition coefficient (Wildman–Crippen LogP) is 3.45. The van der Waals surface area contributed by atoms with Gasteiger partial charge in [-0.2, -0.15) is 0 Å². The number of rotatable bonds is 7. The molecule has 0 spiro atoms. The highest BCUT2D eigenvalue weighted by Gasteiger charge is 2.23. The maximum atomic E-state index is 15.2. The second kappa shape index (κ2) is 9.18. The van der Waals surface area contributed by atoms with Crippen LogP contribution in [0.1, 0.15) is 23.5 Å². The van der Waals surface area contributed by atoms with E-state index in [0.717, 1.165) is 6.07 Å². The molecule has 0 saturated heterocycles. The van der Waals surface area contributed by atoms with Crippen molar-refractivity contribution in [2.24, 2.45) is 0 Å². The van der Waals surface area contributed by atoms with Crippen molar-refractivity contribution in [1.29, 1.82) is 0 Å². The average Bonchev–Trinajstić information content (AvgIpc) is 3.26. The first kappa shape index (κ1) is 17.2. The minimum atomic E-state index is -3.19. The predicted molar refractivity (Wildman–Crippen MR) is 119 cm³/mol. The lowest BCUT2D eigenvalue weighted by Crippen LogP contribution is -2.34. The molecule has 2 N–H and O–H groups in total. The lowest BCUT2D eigenvalue weighted by atomic mass is 10.2. The van der Waals surface area contributed by atoms with E-state index in [4.69, 9.17) is 17.7 Å². The minimum absolute atomic E-state index is 0.138. The van der Waals surface area contributed by atoms with Gasteiger partial charge in [-0.3, -0.25) is 4.79 Å². The summed E-state index contributed by atoms with van der Waals surface area (Å²) in [7, 11) is -6.28. The summed E-state index contributed by atoms with van der Waals surface area (Å²) in [6.45, 7) is -1.03. The Hall–Kier alpha value is -4.26. The Morgan fingerprint density at radius 3 is 2.57 bits per heavy atom. The zero-order chi connectivity index (χ0) is 30.4. The number of nitrogens with one attached hydrogen (secondary N) is 1. The molecule has 4 aromatic rings. The van der Waals surface area contributed by atoms with Crippen LogP contribution in [0.15, 0.2) is 39.2 Å². The van der Waals surface area contributed by atoms with Gasteiger partial charge in [-0.05, 0) is 12.1 Å². The molecule has 0 radical (unpaired) electrons. The van der Waals surface area contributed by atoms with E-state index in [1.165, 1.54) is 5.38 Å². The number of carboxylic acids is 1. The van der Waals surface area contributed by atoms with Crippen LogP contribution in [0.5, 0.6) is 17.2 Å². The molecule has 35 heavy (non-hydrogen) atoms. The fourth-order valence-corrected chi connectivity index (χ4v) is 4.09. The van der Waals surface area contributed by atoms with Crippen LogP contribution < -0.4 is 25.5 Å². The average molecular weight is 514 g/mol. The number of ether oxygens (including phenoxy) is 3. The molecule has 0 amide bonds. The Labute approximate surface area is 206 Å². The van der Waals surface area contributed by atoms with Gasteiger partial charge in [-0.25, -0.2) is 27.3 Å². The van der Waals surface area contributed by atoms with Gasteiger partial charge in [0.1, 0.15) is 17.2 Å². The number of fused-ring (bicyclic) bond motifs is 1. The topological polar surface area (TPSA) is 120 Å². The summed E-state index contributed by atoms with van der Waals surface area (Å²) < 4.78 is 102. The number of nitrogens with zero attached hydrogens (tertiary/aromatic N) is 1. The molecule has 2 aromatic heterocycles. The van der Waals surface area contributed by atoms with E-state index in [0.29, 0.717) is 29.5 Å². The van der Waals surface area contributed by atoms with E-state index in [1.807, 2.05) is 0 Å². The summed E-state index contributed by atoms with van der Waals surface area (Å²) in [4.78, 5) is 39.2. The molecule has 0 unspecified atom stereocenters. The number of aromatic amines is 1. The zero-order valence-corrected chi connectivity index (χ0v) is 17.8. The highest BCUT2D eigenvalue weighted by Crippen LogP contribution is 2.33. The van der Waals surface area contributed by atoms with Crippen molar-refractivity contribution in [3.05, 3.63) is 78.4 Å². The quantitative estimate of drug-likeness (QED) is 0.388. The zero-order valence-electron chi connectivity index (χ0n) is 23.0. The normalized spacial score (nSPS) is 14.3. The SMILES string of the molecule is [2H]C([2H])([2H])Oc1cc(F)c(-n2c(=O)[nH]c3csc(C(=O)O)c3c2=O)cc1OCc1c(OC([2H])([2H])[2H])ccc(F)c1F. The molecular formula is C22H15F3N2O7S. The monoisotopic (exact) mass is 514 g/mol. The van der Waals surface area contributed by atoms with Crippen molar-refractivity contribution in [3.8, 4) is 22.9 Å². The molecule has 0 aliphatic carbocycles. The molecule has 0 fully saturated rings. The van der Waals surface area contributed by atoms with Crippen LogP contribution in [-0.2, 0) is 6.61 Å². The van der Waals surface area contributed by atoms with E-state index in [1.54, 1.807) is 0 Å². The maximum Gasteiger partial charge on any atom is 0.346 e. The van der Waals surface area contributed by atoms with Gasteiger partial charge >= 0.3 is 11.7 Å². The van der Waals surface area contributed by atoms with Gasteiger partial charge in [-0.1, -0.05) is 0 Å². The Balaban J connectivity index is 1.88. The van der Waals surface area contributed by atoms with Crippen LogP contribution in [0, 0.1) is 17.5 Å². The molecule has 0 aliphatic heterocycles. The van der Waals surface area contributed by atoms with Gasteiger partial charge in [0, 0.05) is 17.5 Å². The number of carboxylic acid groups (broad SMARTS) is 1. The highest BCUT2D eigenvalue weighted by molar-refractivity contribution is 7.13. The Morgan fingerprint density at radius 2 is 1.86 bits per heavy atom. The number of hydrogen-bond acceptors (Lipinski definition) is 7. The molecule has 0 aliphatic rings. The van der Waals surface area contributed by atoms with Crippen molar-refractivity contribution in [2.75, 3.05) is 14.1 Å². The van der Waals surface area contributed by atoms with Crippen molar-refractivity contribution >= 4 is 28.2 Å². The van der Waals surface area contributed by atoms with Crippen LogP contribution in [0.25, 0.3) is 16.6 Å². The van der Waals surface area contributed by atoms with Gasteiger partial charge < -0.3 is 24.3 Å². The Bertz CT molecular complexity index is 1800. The van der Waals surface area contributed by atoms with E-state index < -0.39 is 94.1 Å². The third-order valence-electron chi connectivity index (χ3n) is 4.85. The lowest BCUT2D eigenvalue weighted by molar-refractivity contribution is 0.0704. The van der Waals surface area contributed by atoms with Crippen LogP contribution >= 0.6 is 11.3 Å². The standard InChI is InChI=1S/C22H15F3N2O7S/c1-32-14-4-3-10(23)18(25)9(14)7-34-16-6-13(11(24)5-15(16)33-2)27-20(28)17-12(26-22(27)31)8-35-19(17)21(29)30/h3-6,8H,7H2,1-2H3,(H,26,31)(H,29,30)/i1D3,2D3. The third kappa shape index (κ3) is 4.10. The molecule has 13 heteroatoms. The smallest absolute Gasteiger partial charge is 0.346 e. The van der Waals surface area contributed by atoms with E-state index in [-0.39, 0.29) is 10.1 Å². The van der Waals surface area contributed by atoms with Crippen molar-refractivity contribution in [1.82, 2.24) is 9.55 Å². The Kier molecular flexibility index (Phi) is 4.51. The van der Waals surface area contributed by atoms with Crippen LogP contribution in [0.3, 0.4) is 0 Å². The lowest BCUT2D eigenvalue weighted by Gasteiger charge is -2.16. The molecule has 4 rings (SSSR count). The third-order valence-corrected chi connectivity index (χ3v) is 5.81. The number of benzene rings is 2. The first-order valence-electron chi connectivity index (χ1n) is 12.3. The number of H-pyrrole nitrogens is 1. The van der Waals surface area contributed by atoms with Crippen LogP contribution in [0.4, 0.5) is 13.2 Å². The Morgan fingerprint density at radius 1 is 1.11 bits per heavy atom.